The van der Waals surface area contributed by atoms with Crippen LogP contribution in [0.4, 0.5) is 0 Å². The predicted molar refractivity (Wildman–Crippen MR) is 94.1 cm³/mol. The van der Waals surface area contributed by atoms with E-state index in [1.165, 1.54) is 19.2 Å². The summed E-state index contributed by atoms with van der Waals surface area (Å²) in [5, 5.41) is 3.25. The van der Waals surface area contributed by atoms with Gasteiger partial charge in [-0.05, 0) is 38.1 Å². The van der Waals surface area contributed by atoms with Crippen LogP contribution < -0.4 is 14.8 Å². The van der Waals surface area contributed by atoms with Crippen LogP contribution in [0.15, 0.2) is 29.2 Å². The molecule has 1 saturated heterocycles. The molecule has 1 aromatic carbocycles. The molecule has 7 nitrogen and oxygen atoms in total. The number of nitrogens with zero attached hydrogens (tertiary/aromatic N) is 1. The van der Waals surface area contributed by atoms with Crippen molar-refractivity contribution in [3.63, 3.8) is 0 Å². The highest BCUT2D eigenvalue weighted by Gasteiger charge is 2.28. The highest BCUT2D eigenvalue weighted by atomic mass is 35.5. The minimum absolute atomic E-state index is 0. The van der Waals surface area contributed by atoms with Crippen molar-refractivity contribution >= 4 is 28.3 Å². The van der Waals surface area contributed by atoms with E-state index in [0.717, 1.165) is 0 Å². The second kappa shape index (κ2) is 8.66. The van der Waals surface area contributed by atoms with Crippen LogP contribution in [-0.2, 0) is 14.8 Å². The summed E-state index contributed by atoms with van der Waals surface area (Å²) in [5.41, 5.74) is 0. The lowest BCUT2D eigenvalue weighted by Crippen LogP contribution is -2.55. The Morgan fingerprint density at radius 3 is 2.54 bits per heavy atom. The molecule has 0 aromatic heterocycles. The number of nitrogens with one attached hydrogen (secondary N) is 2. The van der Waals surface area contributed by atoms with Crippen LogP contribution in [0.5, 0.6) is 5.75 Å². The van der Waals surface area contributed by atoms with Crippen molar-refractivity contribution < 1.29 is 17.9 Å². The Balaban J connectivity index is 0.00000288. The first-order valence-corrected chi connectivity index (χ1v) is 9.00. The van der Waals surface area contributed by atoms with Crippen molar-refractivity contribution in [1.82, 2.24) is 14.9 Å². The summed E-state index contributed by atoms with van der Waals surface area (Å²) in [6.45, 7) is 5.43. The lowest BCUT2D eigenvalue weighted by atomic mass is 10.2. The van der Waals surface area contributed by atoms with Crippen molar-refractivity contribution in [3.05, 3.63) is 24.3 Å². The number of carbonyl (C=O) groups is 1. The highest BCUT2D eigenvalue weighted by molar-refractivity contribution is 7.89. The van der Waals surface area contributed by atoms with Crippen LogP contribution in [0.2, 0.25) is 0 Å². The van der Waals surface area contributed by atoms with Crippen LogP contribution >= 0.6 is 12.4 Å². The Labute approximate surface area is 149 Å². The monoisotopic (exact) mass is 377 g/mol. The standard InChI is InChI=1S/C15H23N3O4S.ClH/c1-11-10-18(9-8-16-11)15(19)12(2)17-23(20,21)14-6-4-13(22-3)5-7-14;/h4-7,11-12,16-17H,8-10H2,1-3H3;1H/t11-,12+;/m1./s1. The topological polar surface area (TPSA) is 87.7 Å². The molecule has 0 unspecified atom stereocenters. The van der Waals surface area contributed by atoms with E-state index in [4.69, 9.17) is 4.74 Å². The molecular formula is C15H24ClN3O4S. The Kier molecular flexibility index (Phi) is 7.47. The lowest BCUT2D eigenvalue weighted by molar-refractivity contribution is -0.133. The fourth-order valence-corrected chi connectivity index (χ4v) is 3.71. The Morgan fingerprint density at radius 1 is 1.38 bits per heavy atom. The summed E-state index contributed by atoms with van der Waals surface area (Å²) < 4.78 is 32.2. The highest BCUT2D eigenvalue weighted by Crippen LogP contribution is 2.16. The van der Waals surface area contributed by atoms with Gasteiger partial charge in [-0.25, -0.2) is 8.42 Å². The molecule has 0 radical (unpaired) electrons. The predicted octanol–water partition coefficient (Wildman–Crippen LogP) is 0.604. The number of halogens is 1. The average Bonchev–Trinajstić information content (AvgIpc) is 2.53. The number of rotatable bonds is 5. The van der Waals surface area contributed by atoms with E-state index in [0.29, 0.717) is 25.4 Å². The van der Waals surface area contributed by atoms with E-state index in [9.17, 15) is 13.2 Å². The molecule has 0 aliphatic carbocycles. The zero-order valence-corrected chi connectivity index (χ0v) is 15.6. The minimum Gasteiger partial charge on any atom is -0.497 e. The van der Waals surface area contributed by atoms with Gasteiger partial charge in [0.05, 0.1) is 18.0 Å². The summed E-state index contributed by atoms with van der Waals surface area (Å²) in [6, 6.07) is 5.43. The van der Waals surface area contributed by atoms with E-state index >= 15 is 0 Å². The van der Waals surface area contributed by atoms with Crippen molar-refractivity contribution in [3.8, 4) is 5.75 Å². The summed E-state index contributed by atoms with van der Waals surface area (Å²) in [4.78, 5) is 14.2. The summed E-state index contributed by atoms with van der Waals surface area (Å²) in [5.74, 6) is 0.360. The smallest absolute Gasteiger partial charge is 0.241 e. The number of benzene rings is 1. The second-order valence-electron chi connectivity index (χ2n) is 5.66. The molecule has 1 aromatic rings. The molecule has 1 aliphatic rings. The maximum atomic E-state index is 12.4. The molecule has 1 aliphatic heterocycles. The van der Waals surface area contributed by atoms with E-state index in [1.807, 2.05) is 6.92 Å². The third kappa shape index (κ3) is 5.07. The van der Waals surface area contributed by atoms with Gasteiger partial charge in [0.1, 0.15) is 5.75 Å². The zero-order chi connectivity index (χ0) is 17.0. The van der Waals surface area contributed by atoms with Crippen molar-refractivity contribution in [2.24, 2.45) is 0 Å². The number of methoxy groups -OCH3 is 1. The summed E-state index contributed by atoms with van der Waals surface area (Å²) >= 11 is 0. The van der Waals surface area contributed by atoms with Gasteiger partial charge in [0.2, 0.25) is 15.9 Å². The van der Waals surface area contributed by atoms with Gasteiger partial charge in [0.15, 0.2) is 0 Å². The van der Waals surface area contributed by atoms with Gasteiger partial charge in [-0.1, -0.05) is 0 Å². The largest absolute Gasteiger partial charge is 0.497 e. The summed E-state index contributed by atoms with van der Waals surface area (Å²) in [6.07, 6.45) is 0. The van der Waals surface area contributed by atoms with E-state index < -0.39 is 16.1 Å². The third-order valence-corrected chi connectivity index (χ3v) is 5.31. The van der Waals surface area contributed by atoms with Gasteiger partial charge >= 0.3 is 0 Å². The second-order valence-corrected chi connectivity index (χ2v) is 7.37. The van der Waals surface area contributed by atoms with Crippen molar-refractivity contribution in [1.29, 1.82) is 0 Å². The van der Waals surface area contributed by atoms with E-state index in [2.05, 4.69) is 10.0 Å². The molecule has 0 bridgehead atoms. The zero-order valence-electron chi connectivity index (χ0n) is 14.0. The number of sulfonamides is 1. The van der Waals surface area contributed by atoms with Crippen LogP contribution in [0.1, 0.15) is 13.8 Å². The van der Waals surface area contributed by atoms with Crippen LogP contribution in [-0.4, -0.2) is 58.1 Å². The number of amides is 1. The Hall–Kier alpha value is -1.35. The third-order valence-electron chi connectivity index (χ3n) is 3.75. The first kappa shape index (κ1) is 20.7. The Morgan fingerprint density at radius 2 is 2.00 bits per heavy atom. The minimum atomic E-state index is -3.75. The maximum absolute atomic E-state index is 12.4. The number of hydrogen-bond acceptors (Lipinski definition) is 5. The maximum Gasteiger partial charge on any atom is 0.241 e. The van der Waals surface area contributed by atoms with Gasteiger partial charge in [-0.2, -0.15) is 4.72 Å². The molecule has 136 valence electrons. The Bertz CT molecular complexity index is 651. The molecular weight excluding hydrogens is 354 g/mol. The van der Waals surface area contributed by atoms with Gasteiger partial charge in [-0.15, -0.1) is 12.4 Å². The quantitative estimate of drug-likeness (QED) is 0.784. The van der Waals surface area contributed by atoms with Gasteiger partial charge in [0.25, 0.3) is 0 Å². The fourth-order valence-electron chi connectivity index (χ4n) is 2.51. The molecule has 0 saturated carbocycles. The van der Waals surface area contributed by atoms with Crippen molar-refractivity contribution in [2.75, 3.05) is 26.7 Å². The van der Waals surface area contributed by atoms with Crippen molar-refractivity contribution in [2.45, 2.75) is 30.8 Å². The first-order chi connectivity index (χ1) is 10.8. The number of ether oxygens (including phenoxy) is 1. The van der Waals surface area contributed by atoms with Crippen LogP contribution in [0.3, 0.4) is 0 Å². The normalized spacial score (nSPS) is 19.3. The molecule has 1 heterocycles. The average molecular weight is 378 g/mol. The van der Waals surface area contributed by atoms with Crippen LogP contribution in [0.25, 0.3) is 0 Å². The molecule has 2 N–H and O–H groups in total. The molecule has 24 heavy (non-hydrogen) atoms. The SMILES string of the molecule is COc1ccc(S(=O)(=O)N[C@@H](C)C(=O)N2CCN[C@H](C)C2)cc1.Cl. The molecule has 1 amide bonds. The molecule has 2 atom stereocenters. The number of carbonyl (C=O) groups excluding carboxylic acids is 1. The van der Waals surface area contributed by atoms with Gasteiger partial charge in [-0.3, -0.25) is 4.79 Å². The lowest BCUT2D eigenvalue weighted by Gasteiger charge is -2.33. The van der Waals surface area contributed by atoms with E-state index in [-0.39, 0.29) is 29.3 Å². The number of piperazine rings is 1. The fraction of sp³-hybridized carbons (Fsp3) is 0.533. The molecule has 1 fully saturated rings. The first-order valence-electron chi connectivity index (χ1n) is 7.52. The van der Waals surface area contributed by atoms with Crippen LogP contribution in [0, 0.1) is 0 Å². The molecule has 9 heteroatoms. The number of hydrogen-bond donors (Lipinski definition) is 2. The molecule has 2 rings (SSSR count). The van der Waals surface area contributed by atoms with Gasteiger partial charge in [0, 0.05) is 25.7 Å². The van der Waals surface area contributed by atoms with Gasteiger partial charge < -0.3 is 15.0 Å². The summed E-state index contributed by atoms with van der Waals surface area (Å²) in [7, 11) is -2.24. The van der Waals surface area contributed by atoms with E-state index in [1.54, 1.807) is 24.0 Å². The molecule has 0 spiro atoms.